The van der Waals surface area contributed by atoms with E-state index in [2.05, 4.69) is 6.92 Å². The molecular weight excluding hydrogens is 290 g/mol. The number of thiophene rings is 2. The van der Waals surface area contributed by atoms with Gasteiger partial charge in [0.15, 0.2) is 0 Å². The molecule has 2 aromatic heterocycles. The smallest absolute Gasteiger partial charge is 0.341 e. The molecule has 2 rings (SSSR count). The van der Waals surface area contributed by atoms with Gasteiger partial charge in [0.2, 0.25) is 0 Å². The minimum atomic E-state index is -0.310. The van der Waals surface area contributed by atoms with Crippen molar-refractivity contribution < 1.29 is 9.53 Å². The lowest BCUT2D eigenvalue weighted by Crippen LogP contribution is -2.11. The summed E-state index contributed by atoms with van der Waals surface area (Å²) in [4.78, 5) is 14.5. The highest BCUT2D eigenvalue weighted by atomic mass is 32.1. The molecule has 2 aromatic rings. The van der Waals surface area contributed by atoms with E-state index in [1.165, 1.54) is 11.3 Å². The van der Waals surface area contributed by atoms with Gasteiger partial charge in [-0.05, 0) is 23.8 Å². The van der Waals surface area contributed by atoms with Crippen LogP contribution in [0.1, 0.15) is 36.0 Å². The average Bonchev–Trinajstić information content (AvgIpc) is 3.02. The summed E-state index contributed by atoms with van der Waals surface area (Å²) in [5, 5.41) is 2.56. The molecule has 0 fully saturated rings. The van der Waals surface area contributed by atoms with Crippen LogP contribution in [-0.2, 0) is 11.2 Å². The Morgan fingerprint density at radius 2 is 2.20 bits per heavy atom. The van der Waals surface area contributed by atoms with E-state index in [-0.39, 0.29) is 5.97 Å². The van der Waals surface area contributed by atoms with E-state index in [1.807, 2.05) is 31.4 Å². The van der Waals surface area contributed by atoms with E-state index in [9.17, 15) is 4.79 Å². The van der Waals surface area contributed by atoms with E-state index < -0.39 is 0 Å². The highest BCUT2D eigenvalue weighted by molar-refractivity contribution is 7.18. The Hall–Kier alpha value is -1.33. The Labute approximate surface area is 127 Å². The SMILES string of the molecule is CCc1sc(N)c(C(=O)OCC(C)C)c1-c1cccs1. The minimum absolute atomic E-state index is 0.310. The lowest BCUT2D eigenvalue weighted by molar-refractivity contribution is 0.0461. The molecule has 0 aliphatic rings. The number of aryl methyl sites for hydroxylation is 1. The predicted molar refractivity (Wildman–Crippen MR) is 86.5 cm³/mol. The first-order valence-corrected chi connectivity index (χ1v) is 8.36. The highest BCUT2D eigenvalue weighted by Crippen LogP contribution is 2.41. The molecule has 0 saturated heterocycles. The number of nitrogens with two attached hydrogens (primary N) is 1. The third-order valence-electron chi connectivity index (χ3n) is 2.85. The number of ether oxygens (including phenoxy) is 1. The number of hydrogen-bond donors (Lipinski definition) is 1. The molecule has 0 amide bonds. The first kappa shape index (κ1) is 15.1. The van der Waals surface area contributed by atoms with Crippen LogP contribution in [0.3, 0.4) is 0 Å². The zero-order valence-corrected chi connectivity index (χ0v) is 13.6. The quantitative estimate of drug-likeness (QED) is 0.831. The second-order valence-corrected chi connectivity index (χ2v) is 7.05. The zero-order chi connectivity index (χ0) is 14.7. The van der Waals surface area contributed by atoms with Crippen molar-refractivity contribution in [1.82, 2.24) is 0 Å². The van der Waals surface area contributed by atoms with Crippen LogP contribution >= 0.6 is 22.7 Å². The second kappa shape index (κ2) is 6.41. The summed E-state index contributed by atoms with van der Waals surface area (Å²) in [5.41, 5.74) is 7.55. The number of anilines is 1. The Bertz CT molecular complexity index is 585. The molecule has 0 aliphatic heterocycles. The molecule has 108 valence electrons. The van der Waals surface area contributed by atoms with Crippen molar-refractivity contribution in [3.05, 3.63) is 28.0 Å². The molecule has 3 nitrogen and oxygen atoms in total. The van der Waals surface area contributed by atoms with Crippen molar-refractivity contribution in [3.8, 4) is 10.4 Å². The molecule has 2 N–H and O–H groups in total. The number of carbonyl (C=O) groups excluding carboxylic acids is 1. The van der Waals surface area contributed by atoms with Crippen molar-refractivity contribution in [1.29, 1.82) is 0 Å². The topological polar surface area (TPSA) is 52.3 Å². The summed E-state index contributed by atoms with van der Waals surface area (Å²) < 4.78 is 5.36. The zero-order valence-electron chi connectivity index (χ0n) is 11.9. The highest BCUT2D eigenvalue weighted by Gasteiger charge is 2.24. The standard InChI is InChI=1S/C15H19NO2S2/c1-4-10-12(11-6-5-7-19-11)13(14(16)20-10)15(17)18-8-9(2)3/h5-7,9H,4,8,16H2,1-3H3. The van der Waals surface area contributed by atoms with Crippen molar-refractivity contribution in [2.45, 2.75) is 27.2 Å². The van der Waals surface area contributed by atoms with Gasteiger partial charge in [0, 0.05) is 15.3 Å². The van der Waals surface area contributed by atoms with Crippen LogP contribution in [0.15, 0.2) is 17.5 Å². The predicted octanol–water partition coefficient (Wildman–Crippen LogP) is 4.43. The van der Waals surface area contributed by atoms with Crippen molar-refractivity contribution in [3.63, 3.8) is 0 Å². The van der Waals surface area contributed by atoms with Gasteiger partial charge in [-0.25, -0.2) is 4.79 Å². The Morgan fingerprint density at radius 1 is 1.45 bits per heavy atom. The molecule has 0 radical (unpaired) electrons. The van der Waals surface area contributed by atoms with Gasteiger partial charge >= 0.3 is 5.97 Å². The molecule has 0 spiro atoms. The summed E-state index contributed by atoms with van der Waals surface area (Å²) >= 11 is 3.10. The normalized spacial score (nSPS) is 11.0. The molecule has 5 heteroatoms. The van der Waals surface area contributed by atoms with Gasteiger partial charge in [0.05, 0.1) is 6.61 Å². The third kappa shape index (κ3) is 3.04. The van der Waals surface area contributed by atoms with Crippen LogP contribution in [0.25, 0.3) is 10.4 Å². The fraction of sp³-hybridized carbons (Fsp3) is 0.400. The third-order valence-corrected chi connectivity index (χ3v) is 4.90. The molecule has 0 atom stereocenters. The van der Waals surface area contributed by atoms with E-state index in [0.29, 0.717) is 23.1 Å². The Kier molecular flexibility index (Phi) is 4.83. The van der Waals surface area contributed by atoms with Crippen LogP contribution in [0.5, 0.6) is 0 Å². The first-order valence-electron chi connectivity index (χ1n) is 6.66. The van der Waals surface area contributed by atoms with Crippen LogP contribution in [-0.4, -0.2) is 12.6 Å². The van der Waals surface area contributed by atoms with Crippen LogP contribution < -0.4 is 5.73 Å². The largest absolute Gasteiger partial charge is 0.462 e. The van der Waals surface area contributed by atoms with Crippen LogP contribution in [0.4, 0.5) is 5.00 Å². The van der Waals surface area contributed by atoms with Gasteiger partial charge in [-0.2, -0.15) is 0 Å². The van der Waals surface area contributed by atoms with Crippen molar-refractivity contribution in [2.75, 3.05) is 12.3 Å². The molecule has 0 bridgehead atoms. The van der Waals surface area contributed by atoms with Crippen molar-refractivity contribution >= 4 is 33.6 Å². The summed E-state index contributed by atoms with van der Waals surface area (Å²) in [6.45, 7) is 6.52. The molecule has 0 saturated carbocycles. The molecular formula is C15H19NO2S2. The average molecular weight is 309 g/mol. The molecule has 0 unspecified atom stereocenters. The van der Waals surface area contributed by atoms with E-state index >= 15 is 0 Å². The fourth-order valence-electron chi connectivity index (χ4n) is 1.94. The Balaban J connectivity index is 2.42. The summed E-state index contributed by atoms with van der Waals surface area (Å²) in [7, 11) is 0. The van der Waals surface area contributed by atoms with Gasteiger partial charge in [-0.1, -0.05) is 26.8 Å². The van der Waals surface area contributed by atoms with Gasteiger partial charge < -0.3 is 10.5 Å². The van der Waals surface area contributed by atoms with Gasteiger partial charge in [0.1, 0.15) is 10.6 Å². The van der Waals surface area contributed by atoms with Gasteiger partial charge in [-0.15, -0.1) is 22.7 Å². The molecule has 20 heavy (non-hydrogen) atoms. The summed E-state index contributed by atoms with van der Waals surface area (Å²) in [6, 6.07) is 4.00. The minimum Gasteiger partial charge on any atom is -0.462 e. The lowest BCUT2D eigenvalue weighted by Gasteiger charge is -2.09. The fourth-order valence-corrected chi connectivity index (χ4v) is 3.82. The molecule has 0 aliphatic carbocycles. The maximum absolute atomic E-state index is 12.3. The lowest BCUT2D eigenvalue weighted by atomic mass is 10.1. The number of rotatable bonds is 5. The first-order chi connectivity index (χ1) is 9.54. The van der Waals surface area contributed by atoms with Gasteiger partial charge in [0.25, 0.3) is 0 Å². The van der Waals surface area contributed by atoms with E-state index in [4.69, 9.17) is 10.5 Å². The van der Waals surface area contributed by atoms with Crippen LogP contribution in [0.2, 0.25) is 0 Å². The number of carbonyl (C=O) groups is 1. The summed E-state index contributed by atoms with van der Waals surface area (Å²) in [5.74, 6) is 0.00481. The van der Waals surface area contributed by atoms with Crippen LogP contribution in [0, 0.1) is 5.92 Å². The Morgan fingerprint density at radius 3 is 2.75 bits per heavy atom. The number of nitrogen functional groups attached to an aromatic ring is 1. The summed E-state index contributed by atoms with van der Waals surface area (Å²) in [6.07, 6.45) is 0.861. The maximum Gasteiger partial charge on any atom is 0.341 e. The molecule has 0 aromatic carbocycles. The van der Waals surface area contributed by atoms with Gasteiger partial charge in [-0.3, -0.25) is 0 Å². The maximum atomic E-state index is 12.3. The molecule has 2 heterocycles. The van der Waals surface area contributed by atoms with E-state index in [0.717, 1.165) is 21.7 Å². The van der Waals surface area contributed by atoms with Crippen molar-refractivity contribution in [2.24, 2.45) is 5.92 Å². The monoisotopic (exact) mass is 309 g/mol. The second-order valence-electron chi connectivity index (χ2n) is 4.96. The number of esters is 1. The number of hydrogen-bond acceptors (Lipinski definition) is 5. The van der Waals surface area contributed by atoms with E-state index in [1.54, 1.807) is 11.3 Å².